The SMILES string of the molecule is O=P1(c2ccc(N3c4ccccc4Oc4ccccc43)cc2)c2ccccc2[Si](c2ccccc2)(c2ccccc2)c2cc(N3c4ccccc4Oc4ccccc43)ccc21. The fraction of sp³-hybridized carbons (Fsp3) is 0. The quantitative estimate of drug-likeness (QED) is 0.128. The molecule has 0 saturated heterocycles. The molecule has 3 aliphatic heterocycles. The van der Waals surface area contributed by atoms with E-state index in [1.54, 1.807) is 0 Å². The summed E-state index contributed by atoms with van der Waals surface area (Å²) in [5.74, 6) is 3.15. The number of hydrogen-bond donors (Lipinski definition) is 0. The van der Waals surface area contributed by atoms with E-state index in [0.717, 1.165) is 83.4 Å². The summed E-state index contributed by atoms with van der Waals surface area (Å²) in [5.41, 5.74) is 5.75. The van der Waals surface area contributed by atoms with E-state index < -0.39 is 15.2 Å². The topological polar surface area (TPSA) is 42.0 Å². The molecule has 61 heavy (non-hydrogen) atoms. The van der Waals surface area contributed by atoms with Gasteiger partial charge in [-0.15, -0.1) is 0 Å². The zero-order valence-corrected chi connectivity index (χ0v) is 34.8. The summed E-state index contributed by atoms with van der Waals surface area (Å²) in [6.45, 7) is 0. The fourth-order valence-corrected chi connectivity index (χ4v) is 19.4. The molecule has 0 aromatic heterocycles. The summed E-state index contributed by atoms with van der Waals surface area (Å²) in [4.78, 5) is 4.52. The average Bonchev–Trinajstić information content (AvgIpc) is 3.33. The Bertz CT molecular complexity index is 3080. The Balaban J connectivity index is 1.12. The molecule has 5 nitrogen and oxygen atoms in total. The molecule has 0 fully saturated rings. The lowest BCUT2D eigenvalue weighted by Gasteiger charge is -2.44. The van der Waals surface area contributed by atoms with Crippen LogP contribution in [0.2, 0.25) is 0 Å². The molecule has 0 amide bonds. The lowest BCUT2D eigenvalue weighted by atomic mass is 10.1. The summed E-state index contributed by atoms with van der Waals surface area (Å²) >= 11 is 0. The largest absolute Gasteiger partial charge is 0.453 e. The Morgan fingerprint density at radius 3 is 1.26 bits per heavy atom. The summed E-state index contributed by atoms with van der Waals surface area (Å²) in [5, 5.41) is 7.29. The molecular formula is C54H37N2O3PSi. The Kier molecular flexibility index (Phi) is 8.08. The first kappa shape index (κ1) is 35.6. The smallest absolute Gasteiger partial charge is 0.181 e. The molecule has 1 unspecified atom stereocenters. The van der Waals surface area contributed by atoms with E-state index in [1.807, 2.05) is 60.7 Å². The van der Waals surface area contributed by atoms with Gasteiger partial charge in [0.2, 0.25) is 0 Å². The van der Waals surface area contributed by atoms with Crippen LogP contribution < -0.4 is 55.9 Å². The zero-order chi connectivity index (χ0) is 40.5. The molecule has 1 atom stereocenters. The van der Waals surface area contributed by atoms with Gasteiger partial charge in [0.25, 0.3) is 0 Å². The van der Waals surface area contributed by atoms with Crippen molar-refractivity contribution in [3.8, 4) is 23.0 Å². The second kappa shape index (κ2) is 13.9. The number of nitrogens with zero attached hydrogens (tertiary/aromatic N) is 2. The van der Waals surface area contributed by atoms with Crippen LogP contribution in [-0.2, 0) is 4.57 Å². The Labute approximate surface area is 355 Å². The molecule has 0 N–H and O–H groups in total. The number of fused-ring (bicyclic) bond motifs is 6. The van der Waals surface area contributed by atoms with Gasteiger partial charge in [-0.05, 0) is 112 Å². The van der Waals surface area contributed by atoms with E-state index in [9.17, 15) is 0 Å². The van der Waals surface area contributed by atoms with Gasteiger partial charge in [-0.3, -0.25) is 0 Å². The van der Waals surface area contributed by atoms with Gasteiger partial charge in [-0.1, -0.05) is 133 Å². The van der Waals surface area contributed by atoms with Crippen LogP contribution in [0.25, 0.3) is 0 Å². The van der Waals surface area contributed by atoms with Crippen molar-refractivity contribution in [3.63, 3.8) is 0 Å². The van der Waals surface area contributed by atoms with Gasteiger partial charge >= 0.3 is 0 Å². The molecule has 0 radical (unpaired) electrons. The first-order valence-electron chi connectivity index (χ1n) is 20.5. The minimum atomic E-state index is -3.50. The molecule has 290 valence electrons. The molecule has 0 saturated carbocycles. The van der Waals surface area contributed by atoms with Gasteiger partial charge in [-0.2, -0.15) is 0 Å². The standard InChI is InChI=1S/C54H37N2O3PSi/c57-60(40-34-31-38(32-35-40)55-43-21-7-11-25-47(43)58-48-26-12-8-22-44(48)55)51-29-15-16-30-53(51)61(41-17-3-1-4-18-41,42-19-5-2-6-20-42)54-37-39(33-36-52(54)60)56-45-23-9-13-27-49(45)59-50-28-14-10-24-46(50)56/h1-37H. The number of benzene rings is 9. The van der Waals surface area contributed by atoms with E-state index in [0.29, 0.717) is 0 Å². The summed E-state index contributed by atoms with van der Waals surface area (Å²) in [6.07, 6.45) is 0. The van der Waals surface area contributed by atoms with Gasteiger partial charge < -0.3 is 23.8 Å². The molecule has 0 spiro atoms. The Hall–Kier alpha value is -7.37. The highest BCUT2D eigenvalue weighted by Crippen LogP contribution is 2.53. The maximum atomic E-state index is 17.0. The monoisotopic (exact) mass is 820 g/mol. The minimum absolute atomic E-state index is 0.787. The van der Waals surface area contributed by atoms with Crippen molar-refractivity contribution in [2.24, 2.45) is 0 Å². The fourth-order valence-electron chi connectivity index (χ4n) is 9.80. The van der Waals surface area contributed by atoms with Crippen molar-refractivity contribution >= 4 is 86.0 Å². The minimum Gasteiger partial charge on any atom is -0.453 e. The Morgan fingerprint density at radius 1 is 0.361 bits per heavy atom. The molecule has 9 aromatic rings. The zero-order valence-electron chi connectivity index (χ0n) is 32.9. The van der Waals surface area contributed by atoms with E-state index in [4.69, 9.17) is 9.47 Å². The molecule has 3 heterocycles. The lowest BCUT2D eigenvalue weighted by molar-refractivity contribution is 0.477. The van der Waals surface area contributed by atoms with Crippen molar-refractivity contribution in [1.82, 2.24) is 0 Å². The van der Waals surface area contributed by atoms with Crippen LogP contribution in [0.3, 0.4) is 0 Å². The number of para-hydroxylation sites is 8. The van der Waals surface area contributed by atoms with Crippen LogP contribution in [0.1, 0.15) is 0 Å². The van der Waals surface area contributed by atoms with Crippen molar-refractivity contribution < 1.29 is 14.0 Å². The number of rotatable bonds is 5. The number of ether oxygens (including phenoxy) is 2. The highest BCUT2D eigenvalue weighted by molar-refractivity contribution is 7.87. The third-order valence-electron chi connectivity index (χ3n) is 12.4. The molecule has 12 rings (SSSR count). The highest BCUT2D eigenvalue weighted by Gasteiger charge is 2.53. The predicted octanol–water partition coefficient (Wildman–Crippen LogP) is 10.2. The molecule has 0 bridgehead atoms. The first-order chi connectivity index (χ1) is 30.1. The van der Waals surface area contributed by atoms with Gasteiger partial charge in [-0.25, -0.2) is 0 Å². The predicted molar refractivity (Wildman–Crippen MR) is 253 cm³/mol. The Morgan fingerprint density at radius 2 is 0.754 bits per heavy atom. The van der Waals surface area contributed by atoms with E-state index in [2.05, 4.69) is 174 Å². The van der Waals surface area contributed by atoms with Crippen molar-refractivity contribution in [2.45, 2.75) is 0 Å². The van der Waals surface area contributed by atoms with Crippen LogP contribution >= 0.6 is 7.14 Å². The van der Waals surface area contributed by atoms with Crippen molar-refractivity contribution in [1.29, 1.82) is 0 Å². The van der Waals surface area contributed by atoms with Crippen molar-refractivity contribution in [2.75, 3.05) is 9.80 Å². The van der Waals surface area contributed by atoms with Crippen LogP contribution in [0, 0.1) is 0 Å². The highest BCUT2D eigenvalue weighted by atomic mass is 31.2. The van der Waals surface area contributed by atoms with E-state index >= 15 is 4.57 Å². The average molecular weight is 821 g/mol. The molecule has 9 aromatic carbocycles. The second-order valence-electron chi connectivity index (χ2n) is 15.6. The van der Waals surface area contributed by atoms with E-state index in [1.165, 1.54) is 10.4 Å². The number of anilines is 6. The molecular weight excluding hydrogens is 784 g/mol. The second-order valence-corrected chi connectivity index (χ2v) is 22.0. The summed E-state index contributed by atoms with van der Waals surface area (Å²) in [6, 6.07) is 78.0. The van der Waals surface area contributed by atoms with Crippen LogP contribution in [0.4, 0.5) is 34.1 Å². The van der Waals surface area contributed by atoms with Gasteiger partial charge in [0.1, 0.15) is 0 Å². The van der Waals surface area contributed by atoms with Gasteiger partial charge in [0, 0.05) is 27.3 Å². The van der Waals surface area contributed by atoms with Gasteiger partial charge in [0.15, 0.2) is 38.2 Å². The maximum absolute atomic E-state index is 17.0. The van der Waals surface area contributed by atoms with E-state index in [-0.39, 0.29) is 0 Å². The summed E-state index contributed by atoms with van der Waals surface area (Å²) in [7, 11) is -6.65. The molecule has 0 aliphatic carbocycles. The molecule has 7 heteroatoms. The van der Waals surface area contributed by atoms with Crippen molar-refractivity contribution in [3.05, 3.63) is 224 Å². The van der Waals surface area contributed by atoms with Crippen LogP contribution in [-0.4, -0.2) is 8.07 Å². The van der Waals surface area contributed by atoms with Gasteiger partial charge in [0.05, 0.1) is 22.7 Å². The third kappa shape index (κ3) is 5.23. The maximum Gasteiger partial charge on any atom is 0.181 e. The van der Waals surface area contributed by atoms with Crippen LogP contribution in [0.5, 0.6) is 23.0 Å². The normalized spacial score (nSPS) is 16.3. The first-order valence-corrected chi connectivity index (χ1v) is 24.2. The lowest BCUT2D eigenvalue weighted by Crippen LogP contribution is -2.82. The summed E-state index contributed by atoms with van der Waals surface area (Å²) < 4.78 is 29.8. The van der Waals surface area contributed by atoms with Crippen LogP contribution in [0.15, 0.2) is 224 Å². The third-order valence-corrected chi connectivity index (χ3v) is 20.8. The molecule has 3 aliphatic rings. The number of hydrogen-bond acceptors (Lipinski definition) is 5.